The van der Waals surface area contributed by atoms with E-state index in [9.17, 15) is 4.79 Å². The third-order valence-electron chi connectivity index (χ3n) is 4.09. The highest BCUT2D eigenvalue weighted by Gasteiger charge is 2.37. The Kier molecular flexibility index (Phi) is 7.38. The molecule has 1 atom stereocenters. The lowest BCUT2D eigenvalue weighted by Crippen LogP contribution is -2.45. The van der Waals surface area contributed by atoms with E-state index in [4.69, 9.17) is 4.43 Å². The standard InChI is InChI=1S/C16H28BrN3O2Si/c1-12(11-22-23(5,6)16(2,3)4)18-10-15(21)20-14-9-7-8-13(17)19-14/h7-9,12,18H,10-11H2,1-6H3,(H,19,20,21). The summed E-state index contributed by atoms with van der Waals surface area (Å²) >= 11 is 3.28. The minimum Gasteiger partial charge on any atom is -0.415 e. The summed E-state index contributed by atoms with van der Waals surface area (Å²) in [6.07, 6.45) is 0. The number of aromatic nitrogens is 1. The smallest absolute Gasteiger partial charge is 0.239 e. The number of hydrogen-bond acceptors (Lipinski definition) is 4. The van der Waals surface area contributed by atoms with E-state index in [1.807, 2.05) is 19.1 Å². The molecule has 1 unspecified atom stereocenters. The average molecular weight is 402 g/mol. The number of carbonyl (C=O) groups is 1. The number of halogens is 1. The Balaban J connectivity index is 2.36. The van der Waals surface area contributed by atoms with E-state index in [0.29, 0.717) is 17.0 Å². The Morgan fingerprint density at radius 2 is 2.04 bits per heavy atom. The lowest BCUT2D eigenvalue weighted by atomic mass is 10.2. The first-order valence-electron chi connectivity index (χ1n) is 7.81. The number of amides is 1. The molecule has 1 aromatic heterocycles. The normalized spacial score (nSPS) is 13.7. The van der Waals surface area contributed by atoms with E-state index >= 15 is 0 Å². The molecule has 0 aromatic carbocycles. The lowest BCUT2D eigenvalue weighted by Gasteiger charge is -2.37. The quantitative estimate of drug-likeness (QED) is 0.538. The van der Waals surface area contributed by atoms with Gasteiger partial charge in [-0.1, -0.05) is 26.8 Å². The van der Waals surface area contributed by atoms with Gasteiger partial charge in [0.05, 0.1) is 6.54 Å². The minimum atomic E-state index is -1.75. The summed E-state index contributed by atoms with van der Waals surface area (Å²) in [6.45, 7) is 14.0. The third kappa shape index (κ3) is 7.11. The topological polar surface area (TPSA) is 63.2 Å². The van der Waals surface area contributed by atoms with Crippen molar-refractivity contribution >= 4 is 36.0 Å². The second-order valence-corrected chi connectivity index (χ2v) is 12.9. The number of nitrogens with zero attached hydrogens (tertiary/aromatic N) is 1. The van der Waals surface area contributed by atoms with E-state index in [0.717, 1.165) is 0 Å². The summed E-state index contributed by atoms with van der Waals surface area (Å²) in [4.78, 5) is 16.1. The van der Waals surface area contributed by atoms with E-state index in [1.165, 1.54) is 0 Å². The van der Waals surface area contributed by atoms with Gasteiger partial charge in [-0.05, 0) is 53.1 Å². The summed E-state index contributed by atoms with van der Waals surface area (Å²) in [7, 11) is -1.75. The summed E-state index contributed by atoms with van der Waals surface area (Å²) in [5.74, 6) is 0.422. The van der Waals surface area contributed by atoms with Crippen molar-refractivity contribution in [2.24, 2.45) is 0 Å². The lowest BCUT2D eigenvalue weighted by molar-refractivity contribution is -0.115. The van der Waals surface area contributed by atoms with Crippen molar-refractivity contribution < 1.29 is 9.22 Å². The summed E-state index contributed by atoms with van der Waals surface area (Å²) in [5.41, 5.74) is 0. The minimum absolute atomic E-state index is 0.116. The van der Waals surface area contributed by atoms with Gasteiger partial charge in [0, 0.05) is 12.6 Å². The molecule has 23 heavy (non-hydrogen) atoms. The summed E-state index contributed by atoms with van der Waals surface area (Å²) in [5, 5.41) is 6.14. The zero-order valence-corrected chi connectivity index (χ0v) is 17.5. The van der Waals surface area contributed by atoms with Crippen molar-refractivity contribution in [3.8, 4) is 0 Å². The maximum atomic E-state index is 11.9. The van der Waals surface area contributed by atoms with Gasteiger partial charge in [0.1, 0.15) is 10.4 Å². The second-order valence-electron chi connectivity index (χ2n) is 7.25. The molecule has 0 aliphatic heterocycles. The average Bonchev–Trinajstić information content (AvgIpc) is 2.42. The van der Waals surface area contributed by atoms with Crippen LogP contribution in [0.4, 0.5) is 5.82 Å². The molecular formula is C16H28BrN3O2Si. The predicted octanol–water partition coefficient (Wildman–Crippen LogP) is 3.78. The van der Waals surface area contributed by atoms with E-state index in [-0.39, 0.29) is 23.5 Å². The Morgan fingerprint density at radius 3 is 2.61 bits per heavy atom. The zero-order valence-electron chi connectivity index (χ0n) is 14.9. The molecule has 0 aliphatic rings. The van der Waals surface area contributed by atoms with Crippen LogP contribution in [0.5, 0.6) is 0 Å². The molecule has 0 spiro atoms. The van der Waals surface area contributed by atoms with Crippen molar-refractivity contribution in [2.75, 3.05) is 18.5 Å². The van der Waals surface area contributed by atoms with Crippen LogP contribution in [0.15, 0.2) is 22.8 Å². The maximum Gasteiger partial charge on any atom is 0.239 e. The monoisotopic (exact) mass is 401 g/mol. The maximum absolute atomic E-state index is 11.9. The van der Waals surface area contributed by atoms with Gasteiger partial charge >= 0.3 is 0 Å². The highest BCUT2D eigenvalue weighted by molar-refractivity contribution is 9.10. The number of anilines is 1. The van der Waals surface area contributed by atoms with E-state index in [2.05, 4.69) is 65.4 Å². The van der Waals surface area contributed by atoms with Crippen molar-refractivity contribution in [3.63, 3.8) is 0 Å². The highest BCUT2D eigenvalue weighted by atomic mass is 79.9. The van der Waals surface area contributed by atoms with Crippen LogP contribution in [0.3, 0.4) is 0 Å². The van der Waals surface area contributed by atoms with Gasteiger partial charge in [0.25, 0.3) is 0 Å². The molecule has 0 fully saturated rings. The molecule has 1 aromatic rings. The van der Waals surface area contributed by atoms with E-state index < -0.39 is 8.32 Å². The first kappa shape index (κ1) is 20.3. The van der Waals surface area contributed by atoms with Gasteiger partial charge in [-0.2, -0.15) is 0 Å². The molecule has 1 rings (SSSR count). The molecule has 130 valence electrons. The largest absolute Gasteiger partial charge is 0.415 e. The van der Waals surface area contributed by atoms with Crippen LogP contribution in [0.2, 0.25) is 18.1 Å². The molecule has 5 nitrogen and oxygen atoms in total. The fourth-order valence-corrected chi connectivity index (χ4v) is 2.98. The van der Waals surface area contributed by atoms with Gasteiger partial charge < -0.3 is 15.1 Å². The molecule has 0 saturated carbocycles. The molecule has 0 radical (unpaired) electrons. The Labute approximate surface area is 148 Å². The van der Waals surface area contributed by atoms with Crippen LogP contribution in [0.25, 0.3) is 0 Å². The number of carbonyl (C=O) groups excluding carboxylic acids is 1. The molecule has 0 bridgehead atoms. The van der Waals surface area contributed by atoms with Crippen LogP contribution in [-0.4, -0.2) is 38.4 Å². The predicted molar refractivity (Wildman–Crippen MR) is 101 cm³/mol. The molecule has 7 heteroatoms. The molecule has 1 amide bonds. The van der Waals surface area contributed by atoms with Crippen molar-refractivity contribution in [1.82, 2.24) is 10.3 Å². The van der Waals surface area contributed by atoms with Gasteiger partial charge in [0.2, 0.25) is 5.91 Å². The van der Waals surface area contributed by atoms with Crippen molar-refractivity contribution in [2.45, 2.75) is 51.9 Å². The Hall–Kier alpha value is -0.763. The first-order valence-corrected chi connectivity index (χ1v) is 11.5. The molecule has 2 N–H and O–H groups in total. The van der Waals surface area contributed by atoms with Crippen LogP contribution in [-0.2, 0) is 9.22 Å². The van der Waals surface area contributed by atoms with Crippen LogP contribution < -0.4 is 10.6 Å². The molecule has 1 heterocycles. The summed E-state index contributed by atoms with van der Waals surface area (Å²) in [6, 6.07) is 5.52. The van der Waals surface area contributed by atoms with Crippen LogP contribution in [0.1, 0.15) is 27.7 Å². The highest BCUT2D eigenvalue weighted by Crippen LogP contribution is 2.36. The van der Waals surface area contributed by atoms with Gasteiger partial charge in [-0.3, -0.25) is 4.79 Å². The molecule has 0 aliphatic carbocycles. The summed E-state index contributed by atoms with van der Waals surface area (Å²) < 4.78 is 6.84. The number of rotatable bonds is 7. The van der Waals surface area contributed by atoms with Crippen LogP contribution >= 0.6 is 15.9 Å². The van der Waals surface area contributed by atoms with Crippen LogP contribution in [0, 0.1) is 0 Å². The van der Waals surface area contributed by atoms with Gasteiger partial charge in [0.15, 0.2) is 8.32 Å². The second kappa shape index (κ2) is 8.37. The number of pyridine rings is 1. The molecular weight excluding hydrogens is 374 g/mol. The first-order chi connectivity index (χ1) is 10.5. The third-order valence-corrected chi connectivity index (χ3v) is 9.04. The fraction of sp³-hybridized carbons (Fsp3) is 0.625. The SMILES string of the molecule is CC(CO[Si](C)(C)C(C)(C)C)NCC(=O)Nc1cccc(Br)n1. The van der Waals surface area contributed by atoms with Crippen molar-refractivity contribution in [3.05, 3.63) is 22.8 Å². The zero-order chi connectivity index (χ0) is 17.7. The number of hydrogen-bond donors (Lipinski definition) is 2. The van der Waals surface area contributed by atoms with Gasteiger partial charge in [-0.15, -0.1) is 0 Å². The Bertz CT molecular complexity index is 532. The van der Waals surface area contributed by atoms with Gasteiger partial charge in [-0.25, -0.2) is 4.98 Å². The van der Waals surface area contributed by atoms with Crippen molar-refractivity contribution in [1.29, 1.82) is 0 Å². The van der Waals surface area contributed by atoms with E-state index in [1.54, 1.807) is 6.07 Å². The number of nitrogens with one attached hydrogen (secondary N) is 2. The fourth-order valence-electron chi connectivity index (χ4n) is 1.54. The molecule has 0 saturated heterocycles. The Morgan fingerprint density at radius 1 is 1.39 bits per heavy atom.